The molecule has 1 aromatic rings. The minimum atomic E-state index is 0.436. The molecule has 0 spiro atoms. The van der Waals surface area contributed by atoms with Gasteiger partial charge in [-0.05, 0) is 11.8 Å². The van der Waals surface area contributed by atoms with E-state index in [1.807, 2.05) is 12.4 Å². The first kappa shape index (κ1) is 11.3. The molecule has 0 atom stereocenters. The van der Waals surface area contributed by atoms with Crippen LogP contribution < -0.4 is 4.74 Å². The highest BCUT2D eigenvalue weighted by atomic mass is 16.5. The molecule has 1 aromatic heterocycles. The number of ether oxygens (including phenoxy) is 1. The maximum atomic E-state index is 4.93. The summed E-state index contributed by atoms with van der Waals surface area (Å²) in [6.07, 6.45) is 4.93. The normalized spacial score (nSPS) is 19.2. The van der Waals surface area contributed by atoms with Crippen molar-refractivity contribution >= 4 is 0 Å². The maximum Gasteiger partial charge on any atom is 0.316 e. The fraction of sp³-hybridized carbons (Fsp3) is 0.667. The third-order valence-corrected chi connectivity index (χ3v) is 3.33. The van der Waals surface area contributed by atoms with Gasteiger partial charge in [-0.2, -0.15) is 0 Å². The molecular weight excluding hydrogens is 202 g/mol. The third-order valence-electron chi connectivity index (χ3n) is 3.33. The average Bonchev–Trinajstić information content (AvgIpc) is 2.28. The predicted molar refractivity (Wildman–Crippen MR) is 62.3 cm³/mol. The Morgan fingerprint density at radius 1 is 1.38 bits per heavy atom. The zero-order valence-electron chi connectivity index (χ0n) is 10.2. The standard InChI is InChI=1S/C12H19N3O/c1-4-12(2)8-15(9-12)7-10-5-13-11(16-3)14-6-10/h5-6H,4,7-9H2,1-3H3. The van der Waals surface area contributed by atoms with Crippen molar-refractivity contribution < 1.29 is 4.74 Å². The van der Waals surface area contributed by atoms with Crippen molar-refractivity contribution in [2.45, 2.75) is 26.8 Å². The van der Waals surface area contributed by atoms with Crippen LogP contribution in [0.25, 0.3) is 0 Å². The molecule has 0 amide bonds. The zero-order valence-corrected chi connectivity index (χ0v) is 10.2. The van der Waals surface area contributed by atoms with E-state index in [1.54, 1.807) is 7.11 Å². The molecule has 0 bridgehead atoms. The van der Waals surface area contributed by atoms with Gasteiger partial charge in [0.25, 0.3) is 0 Å². The van der Waals surface area contributed by atoms with Crippen molar-refractivity contribution in [2.24, 2.45) is 5.41 Å². The van der Waals surface area contributed by atoms with Crippen LogP contribution in [0, 0.1) is 5.41 Å². The van der Waals surface area contributed by atoms with Crippen LogP contribution in [0.2, 0.25) is 0 Å². The molecule has 0 saturated carbocycles. The van der Waals surface area contributed by atoms with Gasteiger partial charge in [0.15, 0.2) is 0 Å². The lowest BCUT2D eigenvalue weighted by Gasteiger charge is -2.47. The van der Waals surface area contributed by atoms with E-state index in [9.17, 15) is 0 Å². The summed E-state index contributed by atoms with van der Waals surface area (Å²) in [5.41, 5.74) is 1.67. The van der Waals surface area contributed by atoms with E-state index in [-0.39, 0.29) is 0 Å². The fourth-order valence-electron chi connectivity index (χ4n) is 2.16. The third kappa shape index (κ3) is 2.32. The predicted octanol–water partition coefficient (Wildman–Crippen LogP) is 1.72. The molecule has 4 heteroatoms. The van der Waals surface area contributed by atoms with Crippen LogP contribution in [-0.2, 0) is 6.54 Å². The van der Waals surface area contributed by atoms with Crippen LogP contribution in [0.4, 0.5) is 0 Å². The molecule has 16 heavy (non-hydrogen) atoms. The van der Waals surface area contributed by atoms with Gasteiger partial charge >= 0.3 is 6.01 Å². The summed E-state index contributed by atoms with van der Waals surface area (Å²) in [4.78, 5) is 10.6. The number of hydrogen-bond acceptors (Lipinski definition) is 4. The Labute approximate surface area is 96.7 Å². The van der Waals surface area contributed by atoms with E-state index in [1.165, 1.54) is 19.5 Å². The first-order chi connectivity index (χ1) is 7.65. The topological polar surface area (TPSA) is 38.2 Å². The quantitative estimate of drug-likeness (QED) is 0.776. The smallest absolute Gasteiger partial charge is 0.316 e. The second-order valence-corrected chi connectivity index (χ2v) is 4.89. The summed E-state index contributed by atoms with van der Waals surface area (Å²) in [6.45, 7) is 7.90. The molecule has 0 radical (unpaired) electrons. The SMILES string of the molecule is CCC1(C)CN(Cc2cnc(OC)nc2)C1. The van der Waals surface area contributed by atoms with Crippen LogP contribution in [0.5, 0.6) is 6.01 Å². The molecule has 4 nitrogen and oxygen atoms in total. The molecule has 1 saturated heterocycles. The van der Waals surface area contributed by atoms with E-state index in [0.29, 0.717) is 11.4 Å². The summed E-state index contributed by atoms with van der Waals surface area (Å²) in [7, 11) is 1.58. The van der Waals surface area contributed by atoms with Gasteiger partial charge in [0, 0.05) is 37.6 Å². The highest BCUT2D eigenvalue weighted by Crippen LogP contribution is 2.33. The molecule has 1 aliphatic rings. The molecular formula is C12H19N3O. The van der Waals surface area contributed by atoms with Crippen LogP contribution in [0.3, 0.4) is 0 Å². The maximum absolute atomic E-state index is 4.93. The number of likely N-dealkylation sites (tertiary alicyclic amines) is 1. The minimum Gasteiger partial charge on any atom is -0.467 e. The minimum absolute atomic E-state index is 0.436. The van der Waals surface area contributed by atoms with Crippen molar-refractivity contribution in [3.63, 3.8) is 0 Å². The van der Waals surface area contributed by atoms with Gasteiger partial charge in [0.1, 0.15) is 0 Å². The first-order valence-electron chi connectivity index (χ1n) is 5.72. The molecule has 2 heterocycles. The Morgan fingerprint density at radius 2 is 2.00 bits per heavy atom. The summed E-state index contributed by atoms with van der Waals surface area (Å²) in [5.74, 6) is 0. The van der Waals surface area contributed by atoms with E-state index < -0.39 is 0 Å². The number of aromatic nitrogens is 2. The van der Waals surface area contributed by atoms with Crippen molar-refractivity contribution in [3.8, 4) is 6.01 Å². The van der Waals surface area contributed by atoms with Gasteiger partial charge in [-0.1, -0.05) is 13.8 Å². The molecule has 0 unspecified atom stereocenters. The number of rotatable bonds is 4. The Morgan fingerprint density at radius 3 is 2.50 bits per heavy atom. The number of methoxy groups -OCH3 is 1. The van der Waals surface area contributed by atoms with Gasteiger partial charge in [-0.15, -0.1) is 0 Å². The molecule has 0 aliphatic carbocycles. The largest absolute Gasteiger partial charge is 0.467 e. The second-order valence-electron chi connectivity index (χ2n) is 4.89. The number of hydrogen-bond donors (Lipinski definition) is 0. The van der Waals surface area contributed by atoms with Gasteiger partial charge in [-0.3, -0.25) is 4.90 Å². The Hall–Kier alpha value is -1.16. The molecule has 1 fully saturated rings. The lowest BCUT2D eigenvalue weighted by atomic mass is 9.79. The van der Waals surface area contributed by atoms with E-state index in [0.717, 1.165) is 12.1 Å². The van der Waals surface area contributed by atoms with Gasteiger partial charge in [0.2, 0.25) is 0 Å². The highest BCUT2D eigenvalue weighted by molar-refractivity contribution is 5.08. The fourth-order valence-corrected chi connectivity index (χ4v) is 2.16. The molecule has 0 aromatic carbocycles. The zero-order chi connectivity index (χ0) is 11.6. The van der Waals surface area contributed by atoms with Gasteiger partial charge in [0.05, 0.1) is 7.11 Å². The van der Waals surface area contributed by atoms with E-state index in [2.05, 4.69) is 28.7 Å². The second kappa shape index (κ2) is 4.37. The lowest BCUT2D eigenvalue weighted by Crippen LogP contribution is -2.53. The molecule has 0 N–H and O–H groups in total. The molecule has 2 rings (SSSR count). The lowest BCUT2D eigenvalue weighted by molar-refractivity contribution is 0.00604. The molecule has 1 aliphatic heterocycles. The Bertz CT molecular complexity index is 344. The summed E-state index contributed by atoms with van der Waals surface area (Å²) >= 11 is 0. The van der Waals surface area contributed by atoms with Gasteiger partial charge in [-0.25, -0.2) is 9.97 Å². The average molecular weight is 221 g/mol. The Balaban J connectivity index is 1.87. The molecule has 88 valence electrons. The van der Waals surface area contributed by atoms with Crippen molar-refractivity contribution in [2.75, 3.05) is 20.2 Å². The summed E-state index contributed by atoms with van der Waals surface area (Å²) < 4.78 is 4.93. The monoisotopic (exact) mass is 221 g/mol. The van der Waals surface area contributed by atoms with Crippen molar-refractivity contribution in [3.05, 3.63) is 18.0 Å². The van der Waals surface area contributed by atoms with Gasteiger partial charge < -0.3 is 4.74 Å². The van der Waals surface area contributed by atoms with Crippen LogP contribution in [-0.4, -0.2) is 35.1 Å². The first-order valence-corrected chi connectivity index (χ1v) is 5.72. The van der Waals surface area contributed by atoms with Crippen molar-refractivity contribution in [1.82, 2.24) is 14.9 Å². The van der Waals surface area contributed by atoms with E-state index in [4.69, 9.17) is 4.74 Å². The summed E-state index contributed by atoms with van der Waals surface area (Å²) in [5, 5.41) is 0. The van der Waals surface area contributed by atoms with Crippen LogP contribution in [0.15, 0.2) is 12.4 Å². The highest BCUT2D eigenvalue weighted by Gasteiger charge is 2.36. The van der Waals surface area contributed by atoms with Crippen LogP contribution in [0.1, 0.15) is 25.8 Å². The number of nitrogens with zero attached hydrogens (tertiary/aromatic N) is 3. The van der Waals surface area contributed by atoms with E-state index >= 15 is 0 Å². The van der Waals surface area contributed by atoms with Crippen LogP contribution >= 0.6 is 0 Å². The Kier molecular flexibility index (Phi) is 3.10. The summed E-state index contributed by atoms with van der Waals surface area (Å²) in [6, 6.07) is 0.436. The van der Waals surface area contributed by atoms with Crippen molar-refractivity contribution in [1.29, 1.82) is 0 Å².